The summed E-state index contributed by atoms with van der Waals surface area (Å²) < 4.78 is 1.45. The standard InChI is InChI=1S/C15H19NS/c1-10-4-3-5-14-13(10)9-15(17-14)12-6-7-16-11(2)8-12/h3-5,9,11-12,16H,6-8H2,1-2H3/t11-,12+/m1/s1. The number of thiophene rings is 1. The molecule has 1 saturated heterocycles. The predicted octanol–water partition coefficient (Wildman–Crippen LogP) is 4.07. The van der Waals surface area contributed by atoms with E-state index in [2.05, 4.69) is 43.4 Å². The van der Waals surface area contributed by atoms with Crippen molar-refractivity contribution in [1.82, 2.24) is 5.32 Å². The zero-order valence-corrected chi connectivity index (χ0v) is 11.3. The van der Waals surface area contributed by atoms with Crippen LogP contribution >= 0.6 is 11.3 Å². The molecule has 1 aromatic heterocycles. The summed E-state index contributed by atoms with van der Waals surface area (Å²) in [5.74, 6) is 0.767. The summed E-state index contributed by atoms with van der Waals surface area (Å²) in [7, 11) is 0. The van der Waals surface area contributed by atoms with Gasteiger partial charge in [-0.2, -0.15) is 0 Å². The largest absolute Gasteiger partial charge is 0.314 e. The van der Waals surface area contributed by atoms with Crippen molar-refractivity contribution in [2.24, 2.45) is 0 Å². The molecule has 1 nitrogen and oxygen atoms in total. The minimum atomic E-state index is 0.667. The Morgan fingerprint density at radius 2 is 2.24 bits per heavy atom. The quantitative estimate of drug-likeness (QED) is 0.798. The molecule has 2 atom stereocenters. The third-order valence-electron chi connectivity index (χ3n) is 3.82. The summed E-state index contributed by atoms with van der Waals surface area (Å²) in [5.41, 5.74) is 1.41. The number of fused-ring (bicyclic) bond motifs is 1. The molecule has 1 aliphatic heterocycles. The van der Waals surface area contributed by atoms with Gasteiger partial charge in [-0.25, -0.2) is 0 Å². The average Bonchev–Trinajstić information content (AvgIpc) is 2.74. The van der Waals surface area contributed by atoms with Crippen LogP contribution in [-0.4, -0.2) is 12.6 Å². The Bertz CT molecular complexity index is 529. The Hall–Kier alpha value is -0.860. The van der Waals surface area contributed by atoms with E-state index in [1.807, 2.05) is 11.3 Å². The Labute approximate surface area is 107 Å². The van der Waals surface area contributed by atoms with Crippen molar-refractivity contribution in [3.8, 4) is 0 Å². The smallest absolute Gasteiger partial charge is 0.0348 e. The molecular weight excluding hydrogens is 226 g/mol. The molecule has 2 heterocycles. The van der Waals surface area contributed by atoms with Gasteiger partial charge in [-0.1, -0.05) is 12.1 Å². The van der Waals surface area contributed by atoms with Crippen LogP contribution in [0.2, 0.25) is 0 Å². The van der Waals surface area contributed by atoms with Crippen molar-refractivity contribution in [1.29, 1.82) is 0 Å². The first kappa shape index (κ1) is 11.2. The van der Waals surface area contributed by atoms with Crippen molar-refractivity contribution >= 4 is 21.4 Å². The van der Waals surface area contributed by atoms with Crippen LogP contribution in [-0.2, 0) is 0 Å². The Kier molecular flexibility index (Phi) is 2.93. The van der Waals surface area contributed by atoms with Crippen LogP contribution < -0.4 is 5.32 Å². The maximum Gasteiger partial charge on any atom is 0.0348 e. The van der Waals surface area contributed by atoms with E-state index in [0.717, 1.165) is 5.92 Å². The van der Waals surface area contributed by atoms with E-state index >= 15 is 0 Å². The third-order valence-corrected chi connectivity index (χ3v) is 5.09. The van der Waals surface area contributed by atoms with Crippen LogP contribution in [0, 0.1) is 6.92 Å². The van der Waals surface area contributed by atoms with Crippen molar-refractivity contribution < 1.29 is 0 Å². The topological polar surface area (TPSA) is 12.0 Å². The molecule has 2 heteroatoms. The van der Waals surface area contributed by atoms with E-state index < -0.39 is 0 Å². The summed E-state index contributed by atoms with van der Waals surface area (Å²) in [5, 5.41) is 4.99. The molecule has 0 bridgehead atoms. The maximum absolute atomic E-state index is 3.53. The van der Waals surface area contributed by atoms with Gasteiger partial charge in [-0.05, 0) is 62.2 Å². The van der Waals surface area contributed by atoms with Gasteiger partial charge < -0.3 is 5.32 Å². The number of aryl methyl sites for hydroxylation is 1. The highest BCUT2D eigenvalue weighted by atomic mass is 32.1. The van der Waals surface area contributed by atoms with Gasteiger partial charge in [0, 0.05) is 15.6 Å². The van der Waals surface area contributed by atoms with Gasteiger partial charge in [-0.3, -0.25) is 0 Å². The van der Waals surface area contributed by atoms with Gasteiger partial charge in [-0.15, -0.1) is 11.3 Å². The number of hydrogen-bond donors (Lipinski definition) is 1. The molecule has 3 rings (SSSR count). The zero-order chi connectivity index (χ0) is 11.8. The highest BCUT2D eigenvalue weighted by Gasteiger charge is 2.21. The van der Waals surface area contributed by atoms with E-state index in [9.17, 15) is 0 Å². The molecule has 1 N–H and O–H groups in total. The molecule has 1 aliphatic rings. The Balaban J connectivity index is 1.97. The summed E-state index contributed by atoms with van der Waals surface area (Å²) in [6.45, 7) is 5.67. The SMILES string of the molecule is Cc1cccc2sc([C@H]3CCN[C@H](C)C3)cc12. The number of piperidine rings is 1. The van der Waals surface area contributed by atoms with Crippen molar-refractivity contribution in [2.45, 2.75) is 38.6 Å². The lowest BCUT2D eigenvalue weighted by Crippen LogP contribution is -2.34. The fraction of sp³-hybridized carbons (Fsp3) is 0.467. The minimum Gasteiger partial charge on any atom is -0.314 e. The molecule has 1 fully saturated rings. The monoisotopic (exact) mass is 245 g/mol. The molecular formula is C15H19NS. The van der Waals surface area contributed by atoms with Crippen LogP contribution in [0.15, 0.2) is 24.3 Å². The normalized spacial score (nSPS) is 25.3. The first-order chi connectivity index (χ1) is 8.24. The average molecular weight is 245 g/mol. The van der Waals surface area contributed by atoms with Gasteiger partial charge in [0.15, 0.2) is 0 Å². The molecule has 0 unspecified atom stereocenters. The molecule has 17 heavy (non-hydrogen) atoms. The fourth-order valence-corrected chi connectivity index (χ4v) is 4.11. The predicted molar refractivity (Wildman–Crippen MR) is 76.0 cm³/mol. The van der Waals surface area contributed by atoms with Crippen LogP contribution in [0.3, 0.4) is 0 Å². The first-order valence-corrected chi connectivity index (χ1v) is 7.28. The summed E-state index contributed by atoms with van der Waals surface area (Å²) >= 11 is 1.99. The second-order valence-electron chi connectivity index (χ2n) is 5.21. The van der Waals surface area contributed by atoms with Crippen LogP contribution in [0.5, 0.6) is 0 Å². The van der Waals surface area contributed by atoms with Gasteiger partial charge in [0.25, 0.3) is 0 Å². The van der Waals surface area contributed by atoms with Crippen molar-refractivity contribution in [3.63, 3.8) is 0 Å². The van der Waals surface area contributed by atoms with Crippen LogP contribution in [0.25, 0.3) is 10.1 Å². The zero-order valence-electron chi connectivity index (χ0n) is 10.5. The Morgan fingerprint density at radius 1 is 1.35 bits per heavy atom. The van der Waals surface area contributed by atoms with Gasteiger partial charge >= 0.3 is 0 Å². The van der Waals surface area contributed by atoms with E-state index in [-0.39, 0.29) is 0 Å². The lowest BCUT2D eigenvalue weighted by Gasteiger charge is -2.27. The number of nitrogens with one attached hydrogen (secondary N) is 1. The molecule has 1 aromatic carbocycles. The second-order valence-corrected chi connectivity index (χ2v) is 6.33. The highest BCUT2D eigenvalue weighted by molar-refractivity contribution is 7.19. The second kappa shape index (κ2) is 4.43. The van der Waals surface area contributed by atoms with Crippen molar-refractivity contribution in [3.05, 3.63) is 34.7 Å². The minimum absolute atomic E-state index is 0.667. The summed E-state index contributed by atoms with van der Waals surface area (Å²) in [6.07, 6.45) is 2.57. The lowest BCUT2D eigenvalue weighted by molar-refractivity contribution is 0.384. The first-order valence-electron chi connectivity index (χ1n) is 6.46. The number of hydrogen-bond acceptors (Lipinski definition) is 2. The molecule has 0 spiro atoms. The summed E-state index contributed by atoms with van der Waals surface area (Å²) in [4.78, 5) is 1.59. The molecule has 0 radical (unpaired) electrons. The van der Waals surface area contributed by atoms with Crippen molar-refractivity contribution in [2.75, 3.05) is 6.54 Å². The van der Waals surface area contributed by atoms with E-state index in [1.54, 1.807) is 4.88 Å². The van der Waals surface area contributed by atoms with Gasteiger partial charge in [0.1, 0.15) is 0 Å². The summed E-state index contributed by atoms with van der Waals surface area (Å²) in [6, 6.07) is 9.73. The third kappa shape index (κ3) is 2.12. The molecule has 0 amide bonds. The lowest BCUT2D eigenvalue weighted by atomic mass is 9.91. The fourth-order valence-electron chi connectivity index (χ4n) is 2.82. The van der Waals surface area contributed by atoms with E-state index in [1.165, 1.54) is 35.0 Å². The molecule has 0 aliphatic carbocycles. The van der Waals surface area contributed by atoms with Crippen LogP contribution in [0.1, 0.15) is 36.1 Å². The van der Waals surface area contributed by atoms with Gasteiger partial charge in [0.05, 0.1) is 0 Å². The van der Waals surface area contributed by atoms with Gasteiger partial charge in [0.2, 0.25) is 0 Å². The van der Waals surface area contributed by atoms with E-state index in [4.69, 9.17) is 0 Å². The highest BCUT2D eigenvalue weighted by Crippen LogP contribution is 2.37. The molecule has 2 aromatic rings. The van der Waals surface area contributed by atoms with E-state index in [0.29, 0.717) is 6.04 Å². The molecule has 90 valence electrons. The number of rotatable bonds is 1. The molecule has 0 saturated carbocycles. The Morgan fingerprint density at radius 3 is 3.00 bits per heavy atom. The maximum atomic E-state index is 3.53. The van der Waals surface area contributed by atoms with Crippen LogP contribution in [0.4, 0.5) is 0 Å². The number of benzene rings is 1.